The predicted molar refractivity (Wildman–Crippen MR) is 22.8 cm³/mol. The quantitative estimate of drug-likeness (QED) is 0.334. The molecule has 0 rings (SSSR count). The van der Waals surface area contributed by atoms with E-state index in [1.54, 1.807) is 0 Å². The van der Waals surface area contributed by atoms with Crippen molar-refractivity contribution in [3.05, 3.63) is 12.2 Å². The fraction of sp³-hybridized carbons (Fsp3) is 0. The normalized spacial score (nSPS) is 7.60. The second kappa shape index (κ2) is 8.26. The number of carbonyl (C=O) groups excluding carboxylic acids is 2. The molecule has 0 atom stereocenters. The molecule has 0 fully saturated rings. The van der Waals surface area contributed by atoms with E-state index in [4.69, 9.17) is 0 Å². The van der Waals surface area contributed by atoms with Crippen LogP contribution in [0.5, 0.6) is 0 Å². The molecule has 0 spiro atoms. The van der Waals surface area contributed by atoms with Crippen LogP contribution < -0.4 is 10.2 Å². The third kappa shape index (κ3) is 15.7. The van der Waals surface area contributed by atoms with Crippen molar-refractivity contribution in [1.29, 1.82) is 0 Å². The minimum Gasteiger partial charge on any atom is -0.545 e. The fourth-order valence-electron chi connectivity index (χ4n) is 0.136. The summed E-state index contributed by atoms with van der Waals surface area (Å²) in [5.41, 5.74) is 0. The molecule has 0 aliphatic heterocycles. The first-order chi connectivity index (χ1) is 3.63. The number of carbonyl (C=O) groups is 2. The number of carboxylic acids is 2. The summed E-state index contributed by atoms with van der Waals surface area (Å²) in [4.78, 5) is 18.8. The summed E-state index contributed by atoms with van der Waals surface area (Å²) in [6, 6.07) is 0. The number of carboxylic acid groups (broad SMARTS) is 2. The first-order valence-corrected chi connectivity index (χ1v) is 1.73. The van der Waals surface area contributed by atoms with Gasteiger partial charge in [0.2, 0.25) is 0 Å². The van der Waals surface area contributed by atoms with E-state index in [1.807, 2.05) is 0 Å². The van der Waals surface area contributed by atoms with Crippen molar-refractivity contribution in [2.45, 2.75) is 0 Å². The molecular weight excluding hydrogens is 193 g/mol. The average Bonchev–Trinajstić information content (AvgIpc) is 1.61. The summed E-state index contributed by atoms with van der Waals surface area (Å²) in [5.74, 6) is -3.09. The predicted octanol–water partition coefficient (Wildman–Crippen LogP) is -3.78. The van der Waals surface area contributed by atoms with E-state index < -0.39 is 11.9 Å². The number of hydrogen-bond acceptors (Lipinski definition) is 4. The second-order valence-electron chi connectivity index (χ2n) is 0.971. The number of hydrogen-bond donors (Lipinski definition) is 0. The van der Waals surface area contributed by atoms with Crippen molar-refractivity contribution in [1.82, 2.24) is 0 Å². The molecule has 0 aromatic carbocycles. The van der Waals surface area contributed by atoms with Crippen molar-refractivity contribution < 1.29 is 44.8 Å². The SMILES string of the molecule is O.O=C([O-])/C=C/C(=O)[O-].[Zn+2]. The van der Waals surface area contributed by atoms with Gasteiger partial charge in [0, 0.05) is 0 Å². The topological polar surface area (TPSA) is 112 Å². The van der Waals surface area contributed by atoms with Crippen LogP contribution in [0.15, 0.2) is 12.2 Å². The Morgan fingerprint density at radius 2 is 1.20 bits per heavy atom. The molecule has 0 aromatic heterocycles. The van der Waals surface area contributed by atoms with Crippen LogP contribution in [0.2, 0.25) is 0 Å². The van der Waals surface area contributed by atoms with E-state index in [-0.39, 0.29) is 25.0 Å². The van der Waals surface area contributed by atoms with Crippen molar-refractivity contribution in [2.24, 2.45) is 0 Å². The molecule has 0 saturated carbocycles. The number of rotatable bonds is 2. The summed E-state index contributed by atoms with van der Waals surface area (Å²) in [6.07, 6.45) is 0.769. The van der Waals surface area contributed by atoms with Gasteiger partial charge in [0.05, 0.1) is 11.9 Å². The van der Waals surface area contributed by atoms with Crippen molar-refractivity contribution in [3.63, 3.8) is 0 Å². The Kier molecular flexibility index (Phi) is 13.3. The van der Waals surface area contributed by atoms with Crippen LogP contribution in [-0.4, -0.2) is 17.4 Å². The Balaban J connectivity index is -0.000000245. The van der Waals surface area contributed by atoms with Gasteiger partial charge in [-0.3, -0.25) is 0 Å². The van der Waals surface area contributed by atoms with Gasteiger partial charge in [-0.1, -0.05) is 0 Å². The van der Waals surface area contributed by atoms with Crippen LogP contribution in [0.3, 0.4) is 0 Å². The molecule has 0 aromatic rings. The molecule has 5 nitrogen and oxygen atoms in total. The number of aliphatic carboxylic acids is 2. The fourth-order valence-corrected chi connectivity index (χ4v) is 0.136. The van der Waals surface area contributed by atoms with Crippen LogP contribution in [-0.2, 0) is 29.1 Å². The average molecular weight is 197 g/mol. The van der Waals surface area contributed by atoms with Crippen LogP contribution in [0.4, 0.5) is 0 Å². The van der Waals surface area contributed by atoms with Crippen LogP contribution in [0.25, 0.3) is 0 Å². The molecule has 0 aliphatic carbocycles. The molecule has 0 aliphatic rings. The molecule has 0 bridgehead atoms. The van der Waals surface area contributed by atoms with E-state index in [0.29, 0.717) is 12.2 Å². The Hall–Kier alpha value is -0.737. The van der Waals surface area contributed by atoms with Gasteiger partial charge < -0.3 is 25.3 Å². The summed E-state index contributed by atoms with van der Waals surface area (Å²) >= 11 is 0. The first-order valence-electron chi connectivity index (χ1n) is 1.73. The largest absolute Gasteiger partial charge is 2.00 e. The maximum absolute atomic E-state index is 9.41. The van der Waals surface area contributed by atoms with Crippen molar-refractivity contribution >= 4 is 11.9 Å². The summed E-state index contributed by atoms with van der Waals surface area (Å²) in [7, 11) is 0. The van der Waals surface area contributed by atoms with E-state index >= 15 is 0 Å². The standard InChI is InChI=1S/C4H4O4.H2O.Zn/c5-3(6)1-2-4(7)8;;/h1-2H,(H,5,6)(H,7,8);1H2;/q;;+2/p-2/b2-1+;;. The molecule has 0 saturated heterocycles. The first kappa shape index (κ1) is 16.1. The molecule has 6 heteroatoms. The van der Waals surface area contributed by atoms with Gasteiger partial charge >= 0.3 is 19.5 Å². The maximum atomic E-state index is 9.41. The Morgan fingerprint density at radius 1 is 1.00 bits per heavy atom. The zero-order chi connectivity index (χ0) is 6.57. The maximum Gasteiger partial charge on any atom is 2.00 e. The summed E-state index contributed by atoms with van der Waals surface area (Å²) < 4.78 is 0. The van der Waals surface area contributed by atoms with E-state index in [0.717, 1.165) is 0 Å². The minimum atomic E-state index is -1.55. The molecule has 10 heavy (non-hydrogen) atoms. The molecule has 0 unspecified atom stereocenters. The van der Waals surface area contributed by atoms with Gasteiger partial charge in [-0.15, -0.1) is 0 Å². The van der Waals surface area contributed by atoms with Crippen molar-refractivity contribution in [3.8, 4) is 0 Å². The Bertz CT molecular complexity index is 125. The Morgan fingerprint density at radius 3 is 1.30 bits per heavy atom. The monoisotopic (exact) mass is 196 g/mol. The van der Waals surface area contributed by atoms with Gasteiger partial charge in [-0.05, 0) is 12.2 Å². The smallest absolute Gasteiger partial charge is 0.545 e. The molecular formula is C4H4O5Zn. The van der Waals surface area contributed by atoms with Crippen molar-refractivity contribution in [2.75, 3.05) is 0 Å². The Labute approximate surface area is 69.4 Å². The van der Waals surface area contributed by atoms with Gasteiger partial charge in [0.15, 0.2) is 0 Å². The van der Waals surface area contributed by atoms with Gasteiger partial charge in [-0.2, -0.15) is 0 Å². The third-order valence-electron chi connectivity index (χ3n) is 0.355. The molecule has 2 N–H and O–H groups in total. The van der Waals surface area contributed by atoms with Crippen LogP contribution >= 0.6 is 0 Å². The van der Waals surface area contributed by atoms with E-state index in [9.17, 15) is 19.8 Å². The van der Waals surface area contributed by atoms with Gasteiger partial charge in [-0.25, -0.2) is 0 Å². The van der Waals surface area contributed by atoms with E-state index in [2.05, 4.69) is 0 Å². The third-order valence-corrected chi connectivity index (χ3v) is 0.355. The molecule has 0 radical (unpaired) electrons. The zero-order valence-corrected chi connectivity index (χ0v) is 7.96. The molecule has 0 heterocycles. The molecule has 52 valence electrons. The molecule has 0 amide bonds. The van der Waals surface area contributed by atoms with Gasteiger partial charge in [0.25, 0.3) is 0 Å². The summed E-state index contributed by atoms with van der Waals surface area (Å²) in [5, 5.41) is 18.8. The second-order valence-corrected chi connectivity index (χ2v) is 0.971. The summed E-state index contributed by atoms with van der Waals surface area (Å²) in [6.45, 7) is 0. The van der Waals surface area contributed by atoms with Gasteiger partial charge in [0.1, 0.15) is 0 Å². The van der Waals surface area contributed by atoms with Crippen LogP contribution in [0, 0.1) is 0 Å². The zero-order valence-electron chi connectivity index (χ0n) is 4.99. The van der Waals surface area contributed by atoms with E-state index in [1.165, 1.54) is 0 Å². The van der Waals surface area contributed by atoms with Crippen LogP contribution in [0.1, 0.15) is 0 Å². The minimum absolute atomic E-state index is 0.